The van der Waals surface area contributed by atoms with Crippen molar-refractivity contribution >= 4 is 0 Å². The molecule has 1 saturated heterocycles. The van der Waals surface area contributed by atoms with Gasteiger partial charge < -0.3 is 4.74 Å². The Hall–Kier alpha value is -0.0800. The van der Waals surface area contributed by atoms with Crippen molar-refractivity contribution in [3.63, 3.8) is 0 Å². The molecule has 0 aromatic heterocycles. The van der Waals surface area contributed by atoms with Crippen LogP contribution in [0.15, 0.2) is 0 Å². The van der Waals surface area contributed by atoms with Crippen LogP contribution in [0.25, 0.3) is 0 Å². The summed E-state index contributed by atoms with van der Waals surface area (Å²) in [5, 5.41) is 0. The Labute approximate surface area is 94.0 Å². The van der Waals surface area contributed by atoms with Crippen LogP contribution < -0.4 is 0 Å². The summed E-state index contributed by atoms with van der Waals surface area (Å²) in [6.45, 7) is 6.57. The van der Waals surface area contributed by atoms with Gasteiger partial charge in [-0.3, -0.25) is 4.90 Å². The van der Waals surface area contributed by atoms with Crippen LogP contribution in [-0.4, -0.2) is 37.2 Å². The summed E-state index contributed by atoms with van der Waals surface area (Å²) in [5.74, 6) is 0.974. The highest BCUT2D eigenvalue weighted by molar-refractivity contribution is 4.84. The SMILES string of the molecule is CCCC1CCCCC1N1CCOCC1. The normalized spacial score (nSPS) is 34.2. The topological polar surface area (TPSA) is 12.5 Å². The van der Waals surface area contributed by atoms with E-state index >= 15 is 0 Å². The first-order valence-electron chi connectivity index (χ1n) is 6.73. The molecule has 1 aliphatic heterocycles. The molecule has 2 aliphatic rings. The zero-order chi connectivity index (χ0) is 10.5. The molecular formula is C13H25NO. The number of ether oxygens (including phenoxy) is 1. The predicted octanol–water partition coefficient (Wildman–Crippen LogP) is 2.68. The Morgan fingerprint density at radius 2 is 1.87 bits per heavy atom. The third-order valence-corrected chi connectivity index (χ3v) is 4.04. The molecule has 0 spiro atoms. The summed E-state index contributed by atoms with van der Waals surface area (Å²) >= 11 is 0. The van der Waals surface area contributed by atoms with Crippen LogP contribution in [0.5, 0.6) is 0 Å². The van der Waals surface area contributed by atoms with E-state index in [1.807, 2.05) is 0 Å². The van der Waals surface area contributed by atoms with Crippen LogP contribution in [-0.2, 0) is 4.74 Å². The van der Waals surface area contributed by atoms with E-state index in [1.54, 1.807) is 0 Å². The van der Waals surface area contributed by atoms with Gasteiger partial charge in [-0.2, -0.15) is 0 Å². The van der Waals surface area contributed by atoms with Crippen LogP contribution >= 0.6 is 0 Å². The quantitative estimate of drug-likeness (QED) is 0.711. The molecule has 0 aromatic rings. The molecule has 2 unspecified atom stereocenters. The Morgan fingerprint density at radius 3 is 2.60 bits per heavy atom. The summed E-state index contributed by atoms with van der Waals surface area (Å²) in [6.07, 6.45) is 8.60. The number of hydrogen-bond donors (Lipinski definition) is 0. The van der Waals surface area contributed by atoms with E-state index in [-0.39, 0.29) is 0 Å². The fourth-order valence-electron chi connectivity index (χ4n) is 3.29. The first-order chi connectivity index (χ1) is 7.42. The fraction of sp³-hybridized carbons (Fsp3) is 1.00. The average Bonchev–Trinajstić information content (AvgIpc) is 2.31. The van der Waals surface area contributed by atoms with Gasteiger partial charge in [-0.15, -0.1) is 0 Å². The van der Waals surface area contributed by atoms with E-state index in [2.05, 4.69) is 11.8 Å². The van der Waals surface area contributed by atoms with E-state index in [0.717, 1.165) is 25.2 Å². The van der Waals surface area contributed by atoms with E-state index in [0.29, 0.717) is 0 Å². The van der Waals surface area contributed by atoms with Gasteiger partial charge in [0.1, 0.15) is 0 Å². The molecule has 2 fully saturated rings. The first kappa shape index (κ1) is 11.4. The van der Waals surface area contributed by atoms with Crippen molar-refractivity contribution in [3.05, 3.63) is 0 Å². The zero-order valence-corrected chi connectivity index (χ0v) is 10.1. The standard InChI is InChI=1S/C13H25NO/c1-2-5-12-6-3-4-7-13(12)14-8-10-15-11-9-14/h12-13H,2-11H2,1H3. The second-order valence-corrected chi connectivity index (χ2v) is 5.05. The van der Waals surface area contributed by atoms with Crippen LogP contribution in [0, 0.1) is 5.92 Å². The van der Waals surface area contributed by atoms with E-state index in [4.69, 9.17) is 4.74 Å². The van der Waals surface area contributed by atoms with Crippen molar-refractivity contribution in [3.8, 4) is 0 Å². The highest BCUT2D eigenvalue weighted by Gasteiger charge is 2.30. The van der Waals surface area contributed by atoms with Crippen molar-refractivity contribution in [2.45, 2.75) is 51.5 Å². The van der Waals surface area contributed by atoms with Gasteiger partial charge in [0.15, 0.2) is 0 Å². The summed E-state index contributed by atoms with van der Waals surface area (Å²) < 4.78 is 5.44. The van der Waals surface area contributed by atoms with Gasteiger partial charge in [0, 0.05) is 19.1 Å². The van der Waals surface area contributed by atoms with Crippen molar-refractivity contribution in [1.29, 1.82) is 0 Å². The second kappa shape index (κ2) is 5.86. The largest absolute Gasteiger partial charge is 0.379 e. The van der Waals surface area contributed by atoms with E-state index in [9.17, 15) is 0 Å². The molecule has 1 aliphatic carbocycles. The Morgan fingerprint density at radius 1 is 1.13 bits per heavy atom. The zero-order valence-electron chi connectivity index (χ0n) is 10.1. The molecule has 2 atom stereocenters. The molecule has 2 nitrogen and oxygen atoms in total. The van der Waals surface area contributed by atoms with Gasteiger partial charge in [0.05, 0.1) is 13.2 Å². The van der Waals surface area contributed by atoms with Crippen LogP contribution in [0.4, 0.5) is 0 Å². The lowest BCUT2D eigenvalue weighted by molar-refractivity contribution is -0.00864. The van der Waals surface area contributed by atoms with Gasteiger partial charge in [0.25, 0.3) is 0 Å². The minimum atomic E-state index is 0.877. The number of nitrogens with zero attached hydrogens (tertiary/aromatic N) is 1. The van der Waals surface area contributed by atoms with Crippen molar-refractivity contribution in [2.75, 3.05) is 26.3 Å². The highest BCUT2D eigenvalue weighted by Crippen LogP contribution is 2.31. The molecule has 0 bridgehead atoms. The predicted molar refractivity (Wildman–Crippen MR) is 63.0 cm³/mol. The molecule has 0 aromatic carbocycles. The fourth-order valence-corrected chi connectivity index (χ4v) is 3.29. The van der Waals surface area contributed by atoms with Gasteiger partial charge >= 0.3 is 0 Å². The molecule has 0 amide bonds. The maximum absolute atomic E-state index is 5.44. The highest BCUT2D eigenvalue weighted by atomic mass is 16.5. The lowest BCUT2D eigenvalue weighted by atomic mass is 9.81. The van der Waals surface area contributed by atoms with Crippen LogP contribution in [0.2, 0.25) is 0 Å². The summed E-state index contributed by atoms with van der Waals surface area (Å²) in [4.78, 5) is 2.70. The lowest BCUT2D eigenvalue weighted by Crippen LogP contribution is -2.48. The average molecular weight is 211 g/mol. The van der Waals surface area contributed by atoms with Gasteiger partial charge in [0.2, 0.25) is 0 Å². The van der Waals surface area contributed by atoms with Crippen molar-refractivity contribution in [2.24, 2.45) is 5.92 Å². The molecule has 2 rings (SSSR count). The van der Waals surface area contributed by atoms with Gasteiger partial charge in [-0.05, 0) is 25.2 Å². The molecule has 15 heavy (non-hydrogen) atoms. The molecule has 2 heteroatoms. The van der Waals surface area contributed by atoms with E-state index in [1.165, 1.54) is 51.6 Å². The maximum atomic E-state index is 5.44. The molecule has 1 saturated carbocycles. The van der Waals surface area contributed by atoms with Crippen molar-refractivity contribution in [1.82, 2.24) is 4.90 Å². The monoisotopic (exact) mass is 211 g/mol. The summed E-state index contributed by atoms with van der Waals surface area (Å²) in [5.41, 5.74) is 0. The molecule has 0 N–H and O–H groups in total. The molecule has 1 heterocycles. The van der Waals surface area contributed by atoms with Crippen LogP contribution in [0.3, 0.4) is 0 Å². The smallest absolute Gasteiger partial charge is 0.0594 e. The number of rotatable bonds is 3. The molecule has 88 valence electrons. The second-order valence-electron chi connectivity index (χ2n) is 5.05. The van der Waals surface area contributed by atoms with Gasteiger partial charge in [-0.1, -0.05) is 26.2 Å². The minimum absolute atomic E-state index is 0.877. The van der Waals surface area contributed by atoms with Gasteiger partial charge in [-0.25, -0.2) is 0 Å². The molecular weight excluding hydrogens is 186 g/mol. The lowest BCUT2D eigenvalue weighted by Gasteiger charge is -2.41. The summed E-state index contributed by atoms with van der Waals surface area (Å²) in [7, 11) is 0. The third kappa shape index (κ3) is 2.94. The Balaban J connectivity index is 1.90. The maximum Gasteiger partial charge on any atom is 0.0594 e. The van der Waals surface area contributed by atoms with E-state index < -0.39 is 0 Å². The summed E-state index contributed by atoms with van der Waals surface area (Å²) in [6, 6.07) is 0.877. The number of hydrogen-bond acceptors (Lipinski definition) is 2. The van der Waals surface area contributed by atoms with Crippen LogP contribution in [0.1, 0.15) is 45.4 Å². The minimum Gasteiger partial charge on any atom is -0.379 e. The third-order valence-electron chi connectivity index (χ3n) is 4.04. The Kier molecular flexibility index (Phi) is 4.45. The van der Waals surface area contributed by atoms with Crippen molar-refractivity contribution < 1.29 is 4.74 Å². The first-order valence-corrected chi connectivity index (χ1v) is 6.73. The molecule has 0 radical (unpaired) electrons. The Bertz CT molecular complexity index is 165. The number of morpholine rings is 1.